The first-order chi connectivity index (χ1) is 18.7. The smallest absolute Gasteiger partial charge is 0.465 e. The Balaban J connectivity index is 0.00000119. The highest BCUT2D eigenvalue weighted by molar-refractivity contribution is 5.89. The molecule has 2 heterocycles. The molecule has 0 N–H and O–H groups in total. The van der Waals surface area contributed by atoms with Crippen molar-refractivity contribution in [1.82, 2.24) is 24.9 Å². The number of aryl methyl sites for hydroxylation is 1. The summed E-state index contributed by atoms with van der Waals surface area (Å²) in [6, 6.07) is 12.0. The van der Waals surface area contributed by atoms with E-state index in [0.29, 0.717) is 23.5 Å². The number of aromatic nitrogens is 5. The second-order valence-corrected chi connectivity index (χ2v) is 6.83. The number of alkyl halides is 3. The van der Waals surface area contributed by atoms with Gasteiger partial charge in [-0.3, -0.25) is 0 Å². The van der Waals surface area contributed by atoms with Crippen molar-refractivity contribution in [3.05, 3.63) is 65.5 Å². The van der Waals surface area contributed by atoms with Crippen LogP contribution in [0.4, 0.5) is 13.2 Å². The van der Waals surface area contributed by atoms with Gasteiger partial charge in [0.1, 0.15) is 11.6 Å². The van der Waals surface area contributed by atoms with Crippen LogP contribution in [0.5, 0.6) is 5.75 Å². The number of hydrogen-bond donors (Lipinski definition) is 0. The summed E-state index contributed by atoms with van der Waals surface area (Å²) in [5.74, 6) is 0.162. The molecule has 0 atom stereocenters. The lowest BCUT2D eigenvalue weighted by atomic mass is 10.1. The Labute approximate surface area is 226 Å². The van der Waals surface area contributed by atoms with Gasteiger partial charge < -0.3 is 14.0 Å². The van der Waals surface area contributed by atoms with Gasteiger partial charge in [0, 0.05) is 5.56 Å². The van der Waals surface area contributed by atoms with Crippen LogP contribution in [0, 0.1) is 6.92 Å². The van der Waals surface area contributed by atoms with Crippen LogP contribution in [0.25, 0.3) is 23.1 Å². The van der Waals surface area contributed by atoms with Crippen molar-refractivity contribution >= 4 is 5.97 Å². The Bertz CT molecular complexity index is 1290. The van der Waals surface area contributed by atoms with Crippen molar-refractivity contribution in [3.63, 3.8) is 0 Å². The molecule has 4 rings (SSSR count). The number of nitrogens with zero attached hydrogens (tertiary/aromatic N) is 5. The Morgan fingerprint density at radius 3 is 2.18 bits per heavy atom. The number of esters is 1. The predicted octanol–water partition coefficient (Wildman–Crippen LogP) is 7.12. The Morgan fingerprint density at radius 2 is 1.59 bits per heavy atom. The third-order valence-electron chi connectivity index (χ3n) is 4.50. The highest BCUT2D eigenvalue weighted by atomic mass is 19.4. The molecule has 0 radical (unpaired) electrons. The lowest BCUT2D eigenvalue weighted by molar-refractivity contribution is -0.274. The number of hydrogen-bond acceptors (Lipinski definition) is 8. The average molecular weight is 550 g/mol. The number of carbonyl (C=O) groups is 1. The summed E-state index contributed by atoms with van der Waals surface area (Å²) in [6.07, 6.45) is -4.77. The Morgan fingerprint density at radius 1 is 0.949 bits per heavy atom. The summed E-state index contributed by atoms with van der Waals surface area (Å²) in [7, 11) is 1.31. The van der Waals surface area contributed by atoms with E-state index in [1.54, 1.807) is 29.8 Å². The summed E-state index contributed by atoms with van der Waals surface area (Å²) in [5, 5.41) is 8.22. The number of benzene rings is 2. The molecule has 0 aliphatic heterocycles. The second kappa shape index (κ2) is 15.9. The van der Waals surface area contributed by atoms with Gasteiger partial charge in [0.15, 0.2) is 0 Å². The largest absolute Gasteiger partial charge is 0.573 e. The zero-order chi connectivity index (χ0) is 29.6. The Kier molecular flexibility index (Phi) is 13.4. The molecule has 0 saturated carbocycles. The molecule has 39 heavy (non-hydrogen) atoms. The van der Waals surface area contributed by atoms with Crippen LogP contribution in [-0.4, -0.2) is 44.3 Å². The van der Waals surface area contributed by atoms with E-state index < -0.39 is 12.3 Å². The topological polar surface area (TPSA) is 105 Å². The normalized spacial score (nSPS) is 10.1. The average Bonchev–Trinajstić information content (AvgIpc) is 3.58. The highest BCUT2D eigenvalue weighted by Crippen LogP contribution is 2.26. The van der Waals surface area contributed by atoms with Crippen LogP contribution in [0.3, 0.4) is 0 Å². The van der Waals surface area contributed by atoms with Gasteiger partial charge in [-0.25, -0.2) is 14.5 Å². The molecule has 12 heteroatoms. The van der Waals surface area contributed by atoms with Gasteiger partial charge in [-0.1, -0.05) is 58.8 Å². The first-order valence-corrected chi connectivity index (χ1v) is 12.5. The van der Waals surface area contributed by atoms with Crippen LogP contribution < -0.4 is 4.74 Å². The molecule has 0 fully saturated rings. The minimum absolute atomic E-state index is 0.0470. The van der Waals surface area contributed by atoms with Gasteiger partial charge in [-0.05, 0) is 48.9 Å². The minimum atomic E-state index is -4.77. The molecule has 0 amide bonds. The van der Waals surface area contributed by atoms with E-state index in [0.717, 1.165) is 17.7 Å². The molecule has 0 unspecified atom stereocenters. The van der Waals surface area contributed by atoms with E-state index in [2.05, 4.69) is 25.0 Å². The van der Waals surface area contributed by atoms with Gasteiger partial charge in [-0.2, -0.15) is 4.98 Å². The molecule has 0 aliphatic rings. The fourth-order valence-corrected chi connectivity index (χ4v) is 2.99. The number of methoxy groups -OCH3 is 1. The number of rotatable bonds is 6. The predicted molar refractivity (Wildman–Crippen MR) is 141 cm³/mol. The maximum atomic E-state index is 12.3. The summed E-state index contributed by atoms with van der Waals surface area (Å²) >= 11 is 0. The summed E-state index contributed by atoms with van der Waals surface area (Å²) in [5.41, 5.74) is 1.65. The molecule has 0 aliphatic carbocycles. The van der Waals surface area contributed by atoms with E-state index >= 15 is 0 Å². The van der Waals surface area contributed by atoms with E-state index in [1.807, 2.05) is 47.6 Å². The fourth-order valence-electron chi connectivity index (χ4n) is 2.99. The molecule has 2 aromatic carbocycles. The second-order valence-electron chi connectivity index (χ2n) is 6.83. The van der Waals surface area contributed by atoms with Crippen molar-refractivity contribution in [2.24, 2.45) is 0 Å². The zero-order valence-corrected chi connectivity index (χ0v) is 23.3. The van der Waals surface area contributed by atoms with Gasteiger partial charge in [0.25, 0.3) is 5.89 Å². The Hall–Kier alpha value is -4.22. The van der Waals surface area contributed by atoms with Crippen molar-refractivity contribution in [2.75, 3.05) is 7.11 Å². The SMILES string of the molecule is CC.CC.CC.COC(=O)c1cccc(Cn2nc(-c3nc(-c4ccc(OC(F)(F)F)cc4)no3)nc2C)c1. The third-order valence-corrected chi connectivity index (χ3v) is 4.50. The van der Waals surface area contributed by atoms with Crippen molar-refractivity contribution in [1.29, 1.82) is 0 Å². The number of carbonyl (C=O) groups excluding carboxylic acids is 1. The van der Waals surface area contributed by atoms with Crippen LogP contribution in [0.1, 0.15) is 63.3 Å². The maximum Gasteiger partial charge on any atom is 0.573 e. The molecule has 0 spiro atoms. The van der Waals surface area contributed by atoms with Crippen LogP contribution >= 0.6 is 0 Å². The van der Waals surface area contributed by atoms with Crippen molar-refractivity contribution in [3.8, 4) is 28.9 Å². The van der Waals surface area contributed by atoms with Gasteiger partial charge in [0.2, 0.25) is 11.6 Å². The summed E-state index contributed by atoms with van der Waals surface area (Å²) in [4.78, 5) is 20.3. The first-order valence-electron chi connectivity index (χ1n) is 12.5. The molecule has 4 aromatic rings. The van der Waals surface area contributed by atoms with Gasteiger partial charge >= 0.3 is 12.3 Å². The molecule has 9 nitrogen and oxygen atoms in total. The minimum Gasteiger partial charge on any atom is -0.465 e. The van der Waals surface area contributed by atoms with Gasteiger partial charge in [0.05, 0.1) is 19.2 Å². The molecular weight excluding hydrogens is 515 g/mol. The van der Waals surface area contributed by atoms with Crippen LogP contribution in [0.2, 0.25) is 0 Å². The molecule has 0 bridgehead atoms. The standard InChI is InChI=1S/C21H16F3N5O4.3C2H6/c1-12-25-18(27-29(12)11-13-4-3-5-15(10-13)20(30)31-2)19-26-17(28-33-19)14-6-8-16(9-7-14)32-21(22,23)24;3*1-2/h3-10H,11H2,1-2H3;3*1-2H3. The van der Waals surface area contributed by atoms with Crippen LogP contribution in [0.15, 0.2) is 53.1 Å². The van der Waals surface area contributed by atoms with E-state index in [1.165, 1.54) is 19.2 Å². The highest BCUT2D eigenvalue weighted by Gasteiger charge is 2.31. The van der Waals surface area contributed by atoms with E-state index in [9.17, 15) is 18.0 Å². The molecular formula is C27H34F3N5O4. The van der Waals surface area contributed by atoms with Gasteiger partial charge in [-0.15, -0.1) is 18.3 Å². The lowest BCUT2D eigenvalue weighted by Gasteiger charge is -2.08. The third kappa shape index (κ3) is 9.55. The van der Waals surface area contributed by atoms with E-state index in [-0.39, 0.29) is 23.3 Å². The van der Waals surface area contributed by atoms with Crippen molar-refractivity contribution in [2.45, 2.75) is 61.4 Å². The molecule has 212 valence electrons. The van der Waals surface area contributed by atoms with E-state index in [4.69, 9.17) is 9.26 Å². The quantitative estimate of drug-likeness (QED) is 0.234. The molecule has 2 aromatic heterocycles. The monoisotopic (exact) mass is 549 g/mol. The number of halogens is 3. The first kappa shape index (κ1) is 32.8. The summed E-state index contributed by atoms with van der Waals surface area (Å²) < 4.78 is 52.3. The fraction of sp³-hybridized carbons (Fsp3) is 0.370. The number of ether oxygens (including phenoxy) is 2. The molecule has 0 saturated heterocycles. The van der Waals surface area contributed by atoms with Crippen LogP contribution in [-0.2, 0) is 11.3 Å². The maximum absolute atomic E-state index is 12.3. The summed E-state index contributed by atoms with van der Waals surface area (Å²) in [6.45, 7) is 14.1. The lowest BCUT2D eigenvalue weighted by Crippen LogP contribution is -2.16. The van der Waals surface area contributed by atoms with Crippen molar-refractivity contribution < 1.29 is 32.0 Å². The zero-order valence-electron chi connectivity index (χ0n) is 23.3.